The number of hydrogen-bond acceptors (Lipinski definition) is 3. The molecule has 0 unspecified atom stereocenters. The van der Waals surface area contributed by atoms with Crippen LogP contribution in [-0.4, -0.2) is 35.6 Å². The van der Waals surface area contributed by atoms with E-state index in [-0.39, 0.29) is 0 Å². The fourth-order valence-electron chi connectivity index (χ4n) is 2.14. The third-order valence-corrected chi connectivity index (χ3v) is 3.93. The topological polar surface area (TPSA) is 28.2 Å². The second kappa shape index (κ2) is 6.03. The van der Waals surface area contributed by atoms with Gasteiger partial charge in [-0.05, 0) is 41.4 Å². The number of halogens is 2. The SMILES string of the molecule is CCN1CCC(Nc2cc(Br)cnc2Cl)CC1. The molecule has 1 aliphatic rings. The van der Waals surface area contributed by atoms with E-state index in [1.165, 1.54) is 0 Å². The van der Waals surface area contributed by atoms with Crippen LogP contribution in [0.1, 0.15) is 19.8 Å². The smallest absolute Gasteiger partial charge is 0.152 e. The standard InChI is InChI=1S/C12H17BrClN3/c1-2-17-5-3-10(4-6-17)16-11-7-9(13)8-15-12(11)14/h7-8,10,16H,2-6H2,1H3. The van der Waals surface area contributed by atoms with E-state index in [1.54, 1.807) is 6.20 Å². The molecule has 0 amide bonds. The van der Waals surface area contributed by atoms with Crippen LogP contribution in [0.2, 0.25) is 5.15 Å². The molecule has 0 atom stereocenters. The molecule has 0 aromatic carbocycles. The van der Waals surface area contributed by atoms with Crippen LogP contribution in [0, 0.1) is 0 Å². The Morgan fingerprint density at radius 3 is 2.88 bits per heavy atom. The van der Waals surface area contributed by atoms with Gasteiger partial charge in [0.05, 0.1) is 5.69 Å². The number of anilines is 1. The van der Waals surface area contributed by atoms with Crippen molar-refractivity contribution < 1.29 is 0 Å². The van der Waals surface area contributed by atoms with Gasteiger partial charge in [-0.25, -0.2) is 4.98 Å². The minimum absolute atomic E-state index is 0.506. The van der Waals surface area contributed by atoms with Crippen LogP contribution in [0.4, 0.5) is 5.69 Å². The molecular weight excluding hydrogens is 302 g/mol. The van der Waals surface area contributed by atoms with Crippen molar-refractivity contribution in [3.05, 3.63) is 21.9 Å². The lowest BCUT2D eigenvalue weighted by Gasteiger charge is -2.32. The minimum atomic E-state index is 0.506. The quantitative estimate of drug-likeness (QED) is 0.866. The summed E-state index contributed by atoms with van der Waals surface area (Å²) in [6.45, 7) is 5.68. The summed E-state index contributed by atoms with van der Waals surface area (Å²) in [6, 6.07) is 2.49. The monoisotopic (exact) mass is 317 g/mol. The third kappa shape index (κ3) is 3.57. The number of likely N-dealkylation sites (tertiary alicyclic amines) is 1. The first kappa shape index (κ1) is 13.1. The molecule has 2 heterocycles. The normalized spacial score (nSPS) is 18.3. The number of nitrogens with zero attached hydrogens (tertiary/aromatic N) is 2. The first-order valence-electron chi connectivity index (χ1n) is 5.99. The molecule has 0 spiro atoms. The van der Waals surface area contributed by atoms with E-state index >= 15 is 0 Å². The summed E-state index contributed by atoms with van der Waals surface area (Å²) in [5.41, 5.74) is 0.927. The molecule has 1 saturated heterocycles. The van der Waals surface area contributed by atoms with Gasteiger partial charge in [0, 0.05) is 29.8 Å². The van der Waals surface area contributed by atoms with Crippen LogP contribution in [-0.2, 0) is 0 Å². The molecule has 3 nitrogen and oxygen atoms in total. The summed E-state index contributed by atoms with van der Waals surface area (Å²) in [6.07, 6.45) is 4.04. The van der Waals surface area contributed by atoms with Crippen molar-refractivity contribution in [3.8, 4) is 0 Å². The molecule has 2 rings (SSSR count). The lowest BCUT2D eigenvalue weighted by atomic mass is 10.0. The molecule has 1 aromatic rings. The molecule has 94 valence electrons. The van der Waals surface area contributed by atoms with E-state index in [2.05, 4.69) is 38.1 Å². The van der Waals surface area contributed by atoms with Crippen LogP contribution in [0.15, 0.2) is 16.7 Å². The summed E-state index contributed by atoms with van der Waals surface area (Å²) in [5.74, 6) is 0. The average Bonchev–Trinajstić information content (AvgIpc) is 2.35. The molecule has 5 heteroatoms. The largest absolute Gasteiger partial charge is 0.380 e. The Morgan fingerprint density at radius 1 is 1.53 bits per heavy atom. The summed E-state index contributed by atoms with van der Waals surface area (Å²) in [7, 11) is 0. The molecule has 1 N–H and O–H groups in total. The second-order valence-corrected chi connectivity index (χ2v) is 5.62. The van der Waals surface area contributed by atoms with Gasteiger partial charge in [0.25, 0.3) is 0 Å². The van der Waals surface area contributed by atoms with Crippen molar-refractivity contribution in [2.24, 2.45) is 0 Å². The number of rotatable bonds is 3. The molecule has 0 aliphatic carbocycles. The third-order valence-electron chi connectivity index (χ3n) is 3.20. The number of nitrogens with one attached hydrogen (secondary N) is 1. The highest BCUT2D eigenvalue weighted by atomic mass is 79.9. The Bertz CT molecular complexity index is 378. The van der Waals surface area contributed by atoms with Gasteiger partial charge in [0.15, 0.2) is 5.15 Å². The fourth-order valence-corrected chi connectivity index (χ4v) is 2.63. The lowest BCUT2D eigenvalue weighted by Crippen LogP contribution is -2.38. The predicted molar refractivity (Wildman–Crippen MR) is 75.7 cm³/mol. The van der Waals surface area contributed by atoms with Crippen molar-refractivity contribution in [1.82, 2.24) is 9.88 Å². The Hall–Kier alpha value is -0.320. The number of hydrogen-bond donors (Lipinski definition) is 1. The van der Waals surface area contributed by atoms with Gasteiger partial charge in [0.2, 0.25) is 0 Å². The maximum atomic E-state index is 6.07. The predicted octanol–water partition coefficient (Wildman–Crippen LogP) is 3.39. The summed E-state index contributed by atoms with van der Waals surface area (Å²) in [5, 5.41) is 4.03. The van der Waals surface area contributed by atoms with Gasteiger partial charge in [-0.15, -0.1) is 0 Å². The van der Waals surface area contributed by atoms with Gasteiger partial charge >= 0.3 is 0 Å². The maximum absolute atomic E-state index is 6.07. The molecular formula is C12H17BrClN3. The highest BCUT2D eigenvalue weighted by Gasteiger charge is 2.18. The van der Waals surface area contributed by atoms with Crippen LogP contribution < -0.4 is 5.32 Å². The number of piperidine rings is 1. The van der Waals surface area contributed by atoms with Crippen LogP contribution in [0.5, 0.6) is 0 Å². The molecule has 1 aromatic heterocycles. The summed E-state index contributed by atoms with van der Waals surface area (Å²) < 4.78 is 0.954. The Labute approximate surface area is 116 Å². The van der Waals surface area contributed by atoms with Crippen molar-refractivity contribution in [1.29, 1.82) is 0 Å². The van der Waals surface area contributed by atoms with E-state index in [1.807, 2.05) is 6.07 Å². The van der Waals surface area contributed by atoms with Crippen molar-refractivity contribution in [3.63, 3.8) is 0 Å². The zero-order valence-corrected chi connectivity index (χ0v) is 12.3. The summed E-state index contributed by atoms with van der Waals surface area (Å²) >= 11 is 9.48. The highest BCUT2D eigenvalue weighted by Crippen LogP contribution is 2.25. The van der Waals surface area contributed by atoms with Crippen LogP contribution >= 0.6 is 27.5 Å². The van der Waals surface area contributed by atoms with E-state index in [9.17, 15) is 0 Å². The van der Waals surface area contributed by atoms with Gasteiger partial charge in [-0.3, -0.25) is 0 Å². The zero-order chi connectivity index (χ0) is 12.3. The van der Waals surface area contributed by atoms with Gasteiger partial charge in [-0.2, -0.15) is 0 Å². The van der Waals surface area contributed by atoms with E-state index < -0.39 is 0 Å². The maximum Gasteiger partial charge on any atom is 0.152 e. The Balaban J connectivity index is 1.95. The van der Waals surface area contributed by atoms with Crippen LogP contribution in [0.25, 0.3) is 0 Å². The second-order valence-electron chi connectivity index (χ2n) is 4.34. The Morgan fingerprint density at radius 2 is 2.24 bits per heavy atom. The van der Waals surface area contributed by atoms with Crippen molar-refractivity contribution in [2.75, 3.05) is 25.0 Å². The Kier molecular flexibility index (Phi) is 4.65. The van der Waals surface area contributed by atoms with Gasteiger partial charge in [0.1, 0.15) is 0 Å². The number of aromatic nitrogens is 1. The van der Waals surface area contributed by atoms with E-state index in [4.69, 9.17) is 11.6 Å². The average molecular weight is 319 g/mol. The minimum Gasteiger partial charge on any atom is -0.380 e. The van der Waals surface area contributed by atoms with Gasteiger partial charge in [-0.1, -0.05) is 18.5 Å². The van der Waals surface area contributed by atoms with Crippen molar-refractivity contribution in [2.45, 2.75) is 25.8 Å². The zero-order valence-electron chi connectivity index (χ0n) is 9.92. The highest BCUT2D eigenvalue weighted by molar-refractivity contribution is 9.10. The molecule has 1 aliphatic heterocycles. The molecule has 0 bridgehead atoms. The van der Waals surface area contributed by atoms with Crippen molar-refractivity contribution >= 4 is 33.2 Å². The molecule has 1 fully saturated rings. The lowest BCUT2D eigenvalue weighted by molar-refractivity contribution is 0.229. The first-order valence-corrected chi connectivity index (χ1v) is 7.16. The van der Waals surface area contributed by atoms with E-state index in [0.29, 0.717) is 11.2 Å². The summed E-state index contributed by atoms with van der Waals surface area (Å²) in [4.78, 5) is 6.59. The first-order chi connectivity index (χ1) is 8.19. The van der Waals surface area contributed by atoms with Gasteiger partial charge < -0.3 is 10.2 Å². The molecule has 0 saturated carbocycles. The fraction of sp³-hybridized carbons (Fsp3) is 0.583. The number of pyridine rings is 1. The van der Waals surface area contributed by atoms with Crippen LogP contribution in [0.3, 0.4) is 0 Å². The molecule has 0 radical (unpaired) electrons. The molecule has 17 heavy (non-hydrogen) atoms. The van der Waals surface area contributed by atoms with E-state index in [0.717, 1.165) is 42.6 Å².